The van der Waals surface area contributed by atoms with Crippen LogP contribution in [0.2, 0.25) is 0 Å². The third-order valence-corrected chi connectivity index (χ3v) is 5.03. The van der Waals surface area contributed by atoms with Crippen molar-refractivity contribution in [3.63, 3.8) is 0 Å². The van der Waals surface area contributed by atoms with Crippen molar-refractivity contribution in [2.24, 2.45) is 0 Å². The number of hydrogen-bond acceptors (Lipinski definition) is 5. The number of rotatable bonds is 5. The van der Waals surface area contributed by atoms with E-state index in [9.17, 15) is 5.11 Å². The molecular formula is C21H21N5O2. The van der Waals surface area contributed by atoms with Crippen molar-refractivity contribution < 1.29 is 9.84 Å². The number of H-pyrrole nitrogens is 2. The summed E-state index contributed by atoms with van der Waals surface area (Å²) in [7, 11) is 0. The van der Waals surface area contributed by atoms with Crippen molar-refractivity contribution in [2.75, 3.05) is 13.1 Å². The molecule has 5 rings (SSSR count). The summed E-state index contributed by atoms with van der Waals surface area (Å²) in [6.45, 7) is 2.33. The monoisotopic (exact) mass is 375 g/mol. The van der Waals surface area contributed by atoms with Crippen LogP contribution in [0.5, 0.6) is 11.5 Å². The van der Waals surface area contributed by atoms with Gasteiger partial charge < -0.3 is 14.8 Å². The summed E-state index contributed by atoms with van der Waals surface area (Å²) in [6, 6.07) is 15.7. The summed E-state index contributed by atoms with van der Waals surface area (Å²) < 4.78 is 6.00. The number of benzene rings is 2. The van der Waals surface area contributed by atoms with E-state index < -0.39 is 0 Å². The predicted octanol–water partition coefficient (Wildman–Crippen LogP) is 3.31. The Kier molecular flexibility index (Phi) is 4.31. The number of nitrogens with one attached hydrogen (secondary N) is 2. The second-order valence-corrected chi connectivity index (χ2v) is 7.14. The summed E-state index contributed by atoms with van der Waals surface area (Å²) in [5.74, 6) is 2.44. The van der Waals surface area contributed by atoms with Gasteiger partial charge in [-0.3, -0.25) is 10.00 Å². The van der Waals surface area contributed by atoms with Crippen LogP contribution < -0.4 is 4.74 Å². The molecule has 2 aromatic heterocycles. The standard InChI is InChI=1S/C21H21N5O2/c27-15-8-10-26(12-15)13-21-23-19-6-5-17(11-20(19)24-21)28-16-3-1-14(2-4-16)18-7-9-22-25-18/h1-7,9,11,15,27H,8,10,12-13H2,(H,22,25)(H,23,24)/t15-/m0/s1. The Labute approximate surface area is 162 Å². The fourth-order valence-electron chi connectivity index (χ4n) is 3.60. The maximum absolute atomic E-state index is 9.67. The second kappa shape index (κ2) is 7.10. The smallest absolute Gasteiger partial charge is 0.129 e. The lowest BCUT2D eigenvalue weighted by molar-refractivity contribution is 0.174. The van der Waals surface area contributed by atoms with E-state index in [1.54, 1.807) is 6.20 Å². The van der Waals surface area contributed by atoms with Crippen molar-refractivity contribution >= 4 is 11.0 Å². The number of aromatic nitrogens is 4. The van der Waals surface area contributed by atoms with Crippen LogP contribution in [-0.4, -0.2) is 49.4 Å². The lowest BCUT2D eigenvalue weighted by Gasteiger charge is -2.12. The van der Waals surface area contributed by atoms with Gasteiger partial charge in [-0.1, -0.05) is 0 Å². The Morgan fingerprint density at radius 2 is 1.96 bits per heavy atom. The van der Waals surface area contributed by atoms with Crippen molar-refractivity contribution in [1.82, 2.24) is 25.1 Å². The minimum absolute atomic E-state index is 0.218. The van der Waals surface area contributed by atoms with Crippen LogP contribution in [0, 0.1) is 0 Å². The maximum Gasteiger partial charge on any atom is 0.129 e. The molecule has 7 nitrogen and oxygen atoms in total. The van der Waals surface area contributed by atoms with Gasteiger partial charge in [-0.2, -0.15) is 5.10 Å². The number of hydrogen-bond donors (Lipinski definition) is 3. The van der Waals surface area contributed by atoms with Crippen molar-refractivity contribution in [1.29, 1.82) is 0 Å². The van der Waals surface area contributed by atoms with E-state index in [0.717, 1.165) is 59.1 Å². The van der Waals surface area contributed by atoms with Gasteiger partial charge >= 0.3 is 0 Å². The van der Waals surface area contributed by atoms with Crippen LogP contribution in [0.1, 0.15) is 12.2 Å². The lowest BCUT2D eigenvalue weighted by atomic mass is 10.1. The topological polar surface area (TPSA) is 90.1 Å². The molecule has 7 heteroatoms. The number of fused-ring (bicyclic) bond motifs is 1. The van der Waals surface area contributed by atoms with E-state index in [2.05, 4.69) is 25.1 Å². The quantitative estimate of drug-likeness (QED) is 0.498. The third kappa shape index (κ3) is 3.49. The zero-order valence-electron chi connectivity index (χ0n) is 15.3. The van der Waals surface area contributed by atoms with Gasteiger partial charge in [0.1, 0.15) is 17.3 Å². The molecule has 1 fully saturated rings. The second-order valence-electron chi connectivity index (χ2n) is 7.14. The molecule has 0 saturated carbocycles. The first-order valence-corrected chi connectivity index (χ1v) is 9.40. The van der Waals surface area contributed by atoms with Gasteiger partial charge in [0.05, 0.1) is 29.4 Å². The number of aromatic amines is 2. The molecular weight excluding hydrogens is 354 g/mol. The first-order chi connectivity index (χ1) is 13.7. The van der Waals surface area contributed by atoms with Gasteiger partial charge in [0, 0.05) is 25.4 Å². The highest BCUT2D eigenvalue weighted by Gasteiger charge is 2.21. The average Bonchev–Trinajstić information content (AvgIpc) is 3.43. The fourth-order valence-corrected chi connectivity index (χ4v) is 3.60. The Balaban J connectivity index is 1.30. The summed E-state index contributed by atoms with van der Waals surface area (Å²) in [5, 5.41) is 16.6. The highest BCUT2D eigenvalue weighted by molar-refractivity contribution is 5.77. The summed E-state index contributed by atoms with van der Waals surface area (Å²) in [6.07, 6.45) is 2.35. The molecule has 0 unspecified atom stereocenters. The van der Waals surface area contributed by atoms with Gasteiger partial charge in [-0.15, -0.1) is 0 Å². The van der Waals surface area contributed by atoms with Crippen LogP contribution >= 0.6 is 0 Å². The van der Waals surface area contributed by atoms with E-state index in [0.29, 0.717) is 6.54 Å². The van der Waals surface area contributed by atoms with Crippen LogP contribution in [0.3, 0.4) is 0 Å². The summed E-state index contributed by atoms with van der Waals surface area (Å²) in [4.78, 5) is 10.2. The molecule has 0 radical (unpaired) electrons. The van der Waals surface area contributed by atoms with E-state index >= 15 is 0 Å². The first-order valence-electron chi connectivity index (χ1n) is 9.40. The van der Waals surface area contributed by atoms with Gasteiger partial charge in [0.2, 0.25) is 0 Å². The zero-order chi connectivity index (χ0) is 18.9. The van der Waals surface area contributed by atoms with E-state index in [1.807, 2.05) is 48.5 Å². The van der Waals surface area contributed by atoms with Crippen LogP contribution in [0.4, 0.5) is 0 Å². The Hall–Kier alpha value is -3.16. The fraction of sp³-hybridized carbons (Fsp3) is 0.238. The number of aliphatic hydroxyl groups is 1. The SMILES string of the molecule is O[C@H]1CCN(Cc2nc3ccc(Oc4ccc(-c5ccn[nH]5)cc4)cc3[nH]2)C1. The van der Waals surface area contributed by atoms with Crippen LogP contribution in [0.15, 0.2) is 54.7 Å². The normalized spacial score (nSPS) is 17.4. The first kappa shape index (κ1) is 17.0. The molecule has 1 atom stereocenters. The number of likely N-dealkylation sites (tertiary alicyclic amines) is 1. The molecule has 4 aromatic rings. The van der Waals surface area contributed by atoms with Gasteiger partial charge in [0.25, 0.3) is 0 Å². The molecule has 28 heavy (non-hydrogen) atoms. The number of nitrogens with zero attached hydrogens (tertiary/aromatic N) is 3. The summed E-state index contributed by atoms with van der Waals surface area (Å²) >= 11 is 0. The third-order valence-electron chi connectivity index (χ3n) is 5.03. The van der Waals surface area contributed by atoms with Gasteiger partial charge in [0.15, 0.2) is 0 Å². The number of β-amino-alcohol motifs (C(OH)–C–C–N with tert-alkyl or cyclic N) is 1. The van der Waals surface area contributed by atoms with Crippen LogP contribution in [0.25, 0.3) is 22.3 Å². The molecule has 0 bridgehead atoms. The van der Waals surface area contributed by atoms with Crippen molar-refractivity contribution in [3.8, 4) is 22.8 Å². The predicted molar refractivity (Wildman–Crippen MR) is 106 cm³/mol. The molecule has 1 aliphatic heterocycles. The van der Waals surface area contributed by atoms with Gasteiger partial charge in [-0.25, -0.2) is 4.98 Å². The molecule has 1 saturated heterocycles. The summed E-state index contributed by atoms with van der Waals surface area (Å²) in [5.41, 5.74) is 3.90. The Bertz CT molecular complexity index is 1070. The average molecular weight is 375 g/mol. The largest absolute Gasteiger partial charge is 0.457 e. The Morgan fingerprint density at radius 1 is 1.11 bits per heavy atom. The number of aliphatic hydroxyl groups excluding tert-OH is 1. The molecule has 0 aliphatic carbocycles. The highest BCUT2D eigenvalue weighted by Crippen LogP contribution is 2.27. The number of imidazole rings is 1. The maximum atomic E-state index is 9.67. The number of ether oxygens (including phenoxy) is 1. The van der Waals surface area contributed by atoms with Crippen LogP contribution in [-0.2, 0) is 6.54 Å². The molecule has 2 aromatic carbocycles. The molecule has 0 amide bonds. The highest BCUT2D eigenvalue weighted by atomic mass is 16.5. The van der Waals surface area contributed by atoms with Crippen molar-refractivity contribution in [2.45, 2.75) is 19.1 Å². The molecule has 3 N–H and O–H groups in total. The van der Waals surface area contributed by atoms with E-state index in [4.69, 9.17) is 4.74 Å². The van der Waals surface area contributed by atoms with Gasteiger partial charge in [-0.05, 0) is 54.4 Å². The molecule has 0 spiro atoms. The Morgan fingerprint density at radius 3 is 2.71 bits per heavy atom. The molecule has 142 valence electrons. The van der Waals surface area contributed by atoms with E-state index in [-0.39, 0.29) is 6.10 Å². The minimum Gasteiger partial charge on any atom is -0.457 e. The van der Waals surface area contributed by atoms with E-state index in [1.165, 1.54) is 0 Å². The van der Waals surface area contributed by atoms with Crippen molar-refractivity contribution in [3.05, 3.63) is 60.6 Å². The lowest BCUT2D eigenvalue weighted by Crippen LogP contribution is -2.22. The molecule has 1 aliphatic rings. The molecule has 3 heterocycles. The minimum atomic E-state index is -0.218. The zero-order valence-corrected chi connectivity index (χ0v) is 15.3.